The second-order valence-corrected chi connectivity index (χ2v) is 2.57. The summed E-state index contributed by atoms with van der Waals surface area (Å²) in [5, 5.41) is 8.02. The standard InChI is InChI=1S/C6H8O2.H2O4S/c1-2-3-4-5-6(7)8;1-5(2,3)4/h2-5H,1H3,(H,7,8);(H2,1,2,3,4). The first-order chi connectivity index (χ1) is 5.77. The molecule has 0 saturated heterocycles. The van der Waals surface area contributed by atoms with Crippen molar-refractivity contribution in [2.45, 2.75) is 6.92 Å². The number of aliphatic carboxylic acids is 1. The van der Waals surface area contributed by atoms with E-state index in [2.05, 4.69) is 0 Å². The van der Waals surface area contributed by atoms with Crippen molar-refractivity contribution in [1.82, 2.24) is 0 Å². The molecular weight excluding hydrogens is 200 g/mol. The number of hydrogen-bond donors (Lipinski definition) is 3. The summed E-state index contributed by atoms with van der Waals surface area (Å²) in [5.41, 5.74) is 0. The van der Waals surface area contributed by atoms with Gasteiger partial charge in [-0.05, 0) is 6.92 Å². The van der Waals surface area contributed by atoms with E-state index in [0.717, 1.165) is 6.08 Å². The maximum atomic E-state index is 9.75. The van der Waals surface area contributed by atoms with Gasteiger partial charge in [0.05, 0.1) is 0 Å². The Kier molecular flexibility index (Phi) is 8.24. The molecule has 0 amide bonds. The van der Waals surface area contributed by atoms with E-state index in [1.54, 1.807) is 12.2 Å². The Balaban J connectivity index is 0. The van der Waals surface area contributed by atoms with Crippen LogP contribution in [0.2, 0.25) is 0 Å². The minimum absolute atomic E-state index is 0.914. The van der Waals surface area contributed by atoms with Gasteiger partial charge in [0.1, 0.15) is 0 Å². The largest absolute Gasteiger partial charge is 0.478 e. The molecule has 0 fully saturated rings. The summed E-state index contributed by atoms with van der Waals surface area (Å²) in [4.78, 5) is 9.75. The highest BCUT2D eigenvalue weighted by molar-refractivity contribution is 7.79. The number of carboxylic acid groups (broad SMARTS) is 1. The zero-order valence-electron chi connectivity index (χ0n) is 6.78. The molecule has 7 heteroatoms. The average Bonchev–Trinajstić information content (AvgIpc) is 1.83. The molecule has 0 aromatic rings. The highest BCUT2D eigenvalue weighted by Gasteiger charge is 1.84. The van der Waals surface area contributed by atoms with Gasteiger partial charge < -0.3 is 5.11 Å². The lowest BCUT2D eigenvalue weighted by Crippen LogP contribution is -1.89. The lowest BCUT2D eigenvalue weighted by molar-refractivity contribution is -0.131. The van der Waals surface area contributed by atoms with Crippen molar-refractivity contribution in [1.29, 1.82) is 0 Å². The molecule has 0 aliphatic heterocycles. The summed E-state index contributed by atoms with van der Waals surface area (Å²) in [6.07, 6.45) is 5.98. The zero-order chi connectivity index (χ0) is 10.9. The lowest BCUT2D eigenvalue weighted by atomic mass is 10.4. The van der Waals surface area contributed by atoms with Gasteiger partial charge >= 0.3 is 16.4 Å². The van der Waals surface area contributed by atoms with Crippen LogP contribution in [0.1, 0.15) is 6.92 Å². The Morgan fingerprint density at radius 2 is 1.62 bits per heavy atom. The Labute approximate surface area is 75.8 Å². The van der Waals surface area contributed by atoms with Gasteiger partial charge in [-0.1, -0.05) is 18.2 Å². The number of carboxylic acids is 1. The minimum atomic E-state index is -4.67. The van der Waals surface area contributed by atoms with Crippen LogP contribution in [0.5, 0.6) is 0 Å². The van der Waals surface area contributed by atoms with Crippen molar-refractivity contribution in [2.24, 2.45) is 0 Å². The molecule has 0 aliphatic carbocycles. The Morgan fingerprint density at radius 1 is 1.23 bits per heavy atom. The molecule has 0 heterocycles. The first kappa shape index (κ1) is 14.3. The maximum absolute atomic E-state index is 9.75. The molecule has 0 aromatic carbocycles. The number of rotatable bonds is 2. The van der Waals surface area contributed by atoms with Gasteiger partial charge in [-0.2, -0.15) is 8.42 Å². The van der Waals surface area contributed by atoms with Gasteiger partial charge in [0.2, 0.25) is 0 Å². The maximum Gasteiger partial charge on any atom is 0.394 e. The molecule has 6 nitrogen and oxygen atoms in total. The van der Waals surface area contributed by atoms with Crippen molar-refractivity contribution < 1.29 is 27.4 Å². The molecule has 0 spiro atoms. The summed E-state index contributed by atoms with van der Waals surface area (Å²) < 4.78 is 31.6. The van der Waals surface area contributed by atoms with E-state index in [-0.39, 0.29) is 0 Å². The lowest BCUT2D eigenvalue weighted by Gasteiger charge is -1.72. The van der Waals surface area contributed by atoms with E-state index in [1.807, 2.05) is 6.92 Å². The third kappa shape index (κ3) is 57.7. The summed E-state index contributed by atoms with van der Waals surface area (Å²) >= 11 is 0. The molecule has 3 N–H and O–H groups in total. The van der Waals surface area contributed by atoms with Crippen LogP contribution < -0.4 is 0 Å². The van der Waals surface area contributed by atoms with Gasteiger partial charge in [-0.25, -0.2) is 4.79 Å². The Hall–Kier alpha value is -1.18. The van der Waals surface area contributed by atoms with Gasteiger partial charge in [0, 0.05) is 6.08 Å². The van der Waals surface area contributed by atoms with Crippen molar-refractivity contribution >= 4 is 16.4 Å². The quantitative estimate of drug-likeness (QED) is 0.348. The molecule has 0 aliphatic rings. The summed E-state index contributed by atoms with van der Waals surface area (Å²) in [6, 6.07) is 0. The van der Waals surface area contributed by atoms with E-state index in [4.69, 9.17) is 22.6 Å². The van der Waals surface area contributed by atoms with Crippen LogP contribution in [-0.4, -0.2) is 28.6 Å². The average molecular weight is 210 g/mol. The van der Waals surface area contributed by atoms with Crippen LogP contribution in [0, 0.1) is 0 Å². The van der Waals surface area contributed by atoms with E-state index in [9.17, 15) is 4.79 Å². The van der Waals surface area contributed by atoms with Gasteiger partial charge in [-0.3, -0.25) is 9.11 Å². The van der Waals surface area contributed by atoms with E-state index in [0.29, 0.717) is 0 Å². The Morgan fingerprint density at radius 3 is 1.85 bits per heavy atom. The van der Waals surface area contributed by atoms with Crippen LogP contribution in [0.3, 0.4) is 0 Å². The monoisotopic (exact) mass is 210 g/mol. The highest BCUT2D eigenvalue weighted by Crippen LogP contribution is 1.74. The van der Waals surface area contributed by atoms with Gasteiger partial charge in [0.25, 0.3) is 0 Å². The Bertz CT molecular complexity index is 278. The fourth-order valence-electron chi connectivity index (χ4n) is 0.249. The summed E-state index contributed by atoms with van der Waals surface area (Å²) in [5.74, 6) is -0.914. The minimum Gasteiger partial charge on any atom is -0.478 e. The first-order valence-electron chi connectivity index (χ1n) is 2.99. The van der Waals surface area contributed by atoms with E-state index >= 15 is 0 Å². The van der Waals surface area contributed by atoms with Crippen molar-refractivity contribution in [3.63, 3.8) is 0 Å². The van der Waals surface area contributed by atoms with Gasteiger partial charge in [0.15, 0.2) is 0 Å². The third-order valence-corrected chi connectivity index (χ3v) is 0.542. The van der Waals surface area contributed by atoms with Crippen LogP contribution in [-0.2, 0) is 15.2 Å². The molecule has 0 rings (SSSR count). The van der Waals surface area contributed by atoms with Crippen LogP contribution >= 0.6 is 0 Å². The molecule has 0 unspecified atom stereocenters. The SMILES string of the molecule is CC=CC=CC(=O)O.O=S(=O)(O)O. The molecule has 0 radical (unpaired) electrons. The predicted octanol–water partition coefficient (Wildman–Crippen LogP) is 0.550. The second kappa shape index (κ2) is 7.47. The van der Waals surface area contributed by atoms with Crippen LogP contribution in [0.4, 0.5) is 0 Å². The van der Waals surface area contributed by atoms with Crippen LogP contribution in [0.15, 0.2) is 24.3 Å². The number of hydrogen-bond acceptors (Lipinski definition) is 3. The topological polar surface area (TPSA) is 112 Å². The van der Waals surface area contributed by atoms with Gasteiger partial charge in [-0.15, -0.1) is 0 Å². The number of carbonyl (C=O) groups is 1. The highest BCUT2D eigenvalue weighted by atomic mass is 32.3. The second-order valence-electron chi connectivity index (χ2n) is 1.67. The van der Waals surface area contributed by atoms with Crippen molar-refractivity contribution in [3.05, 3.63) is 24.3 Å². The summed E-state index contributed by atoms with van der Waals surface area (Å²) in [6.45, 7) is 1.83. The molecule has 76 valence electrons. The predicted molar refractivity (Wildman–Crippen MR) is 45.8 cm³/mol. The molecule has 0 atom stereocenters. The normalized spacial score (nSPS) is 11.3. The van der Waals surface area contributed by atoms with Crippen LogP contribution in [0.25, 0.3) is 0 Å². The molecule has 13 heavy (non-hydrogen) atoms. The van der Waals surface area contributed by atoms with E-state index < -0.39 is 16.4 Å². The van der Waals surface area contributed by atoms with Crippen molar-refractivity contribution in [3.8, 4) is 0 Å². The molecule has 0 aromatic heterocycles. The van der Waals surface area contributed by atoms with Crippen molar-refractivity contribution in [2.75, 3.05) is 0 Å². The first-order valence-corrected chi connectivity index (χ1v) is 4.39. The van der Waals surface area contributed by atoms with E-state index in [1.165, 1.54) is 6.08 Å². The fraction of sp³-hybridized carbons (Fsp3) is 0.167. The number of allylic oxidation sites excluding steroid dienone is 3. The molecule has 0 bridgehead atoms. The smallest absolute Gasteiger partial charge is 0.394 e. The zero-order valence-corrected chi connectivity index (χ0v) is 7.60. The fourth-order valence-corrected chi connectivity index (χ4v) is 0.249. The third-order valence-electron chi connectivity index (χ3n) is 0.542. The molecular formula is C6H10O6S. The summed E-state index contributed by atoms with van der Waals surface area (Å²) in [7, 11) is -4.67. The molecule has 0 saturated carbocycles.